The summed E-state index contributed by atoms with van der Waals surface area (Å²) < 4.78 is 4.90. The number of carbonyl (C=O) groups is 2. The highest BCUT2D eigenvalue weighted by atomic mass is 35.5. The van der Waals surface area contributed by atoms with Gasteiger partial charge in [-0.2, -0.15) is 0 Å². The summed E-state index contributed by atoms with van der Waals surface area (Å²) in [6.45, 7) is 3.90. The largest absolute Gasteiger partial charge is 0.360 e. The molecule has 1 heterocycles. The molecule has 29 heavy (non-hydrogen) atoms. The molecule has 0 saturated heterocycles. The molecule has 156 valence electrons. The fourth-order valence-corrected chi connectivity index (χ4v) is 2.92. The molecule has 0 radical (unpaired) electrons. The van der Waals surface area contributed by atoms with E-state index in [4.69, 9.17) is 16.1 Å². The second-order valence-electron chi connectivity index (χ2n) is 6.58. The Morgan fingerprint density at radius 1 is 1.28 bits per heavy atom. The Labute approximate surface area is 173 Å². The molecule has 1 aromatic carbocycles. The van der Waals surface area contributed by atoms with Gasteiger partial charge in [-0.25, -0.2) is 0 Å². The number of hydrogen-bond donors (Lipinski definition) is 1. The maximum Gasteiger partial charge on any atom is 0.288 e. The number of nitro benzene ring substituents is 1. The molecule has 0 aliphatic carbocycles. The number of carbonyl (C=O) groups excluding carboxylic acids is 2. The van der Waals surface area contributed by atoms with Gasteiger partial charge < -0.3 is 14.7 Å². The molecular weight excluding hydrogens is 400 g/mol. The average Bonchev–Trinajstić information content (AvgIpc) is 3.08. The van der Waals surface area contributed by atoms with Crippen molar-refractivity contribution in [3.63, 3.8) is 0 Å². The van der Waals surface area contributed by atoms with Crippen LogP contribution in [0.3, 0.4) is 0 Å². The number of rotatable bonds is 10. The van der Waals surface area contributed by atoms with Crippen LogP contribution in [0.5, 0.6) is 0 Å². The molecule has 2 amide bonds. The molecule has 10 heteroatoms. The van der Waals surface area contributed by atoms with Gasteiger partial charge in [0.1, 0.15) is 17.3 Å². The molecule has 9 nitrogen and oxygen atoms in total. The van der Waals surface area contributed by atoms with Crippen molar-refractivity contribution in [1.82, 2.24) is 10.1 Å². The number of nitrogens with zero attached hydrogens (tertiary/aromatic N) is 3. The van der Waals surface area contributed by atoms with Crippen LogP contribution in [-0.4, -0.2) is 39.9 Å². The van der Waals surface area contributed by atoms with E-state index in [-0.39, 0.29) is 28.6 Å². The summed E-state index contributed by atoms with van der Waals surface area (Å²) >= 11 is 5.82. The molecule has 0 spiro atoms. The fourth-order valence-electron chi connectivity index (χ4n) is 2.73. The van der Waals surface area contributed by atoms with Gasteiger partial charge in [0, 0.05) is 24.2 Å². The summed E-state index contributed by atoms with van der Waals surface area (Å²) in [6, 6.07) is 5.41. The number of nitro groups is 1. The maximum atomic E-state index is 12.9. The summed E-state index contributed by atoms with van der Waals surface area (Å²) in [7, 11) is 0. The lowest BCUT2D eigenvalue weighted by atomic mass is 10.1. The van der Waals surface area contributed by atoms with Crippen LogP contribution in [0.15, 0.2) is 28.8 Å². The van der Waals surface area contributed by atoms with Crippen LogP contribution < -0.4 is 5.32 Å². The molecule has 1 aromatic heterocycles. The zero-order valence-electron chi connectivity index (χ0n) is 16.3. The number of aryl methyl sites for hydroxylation is 1. The van der Waals surface area contributed by atoms with Crippen molar-refractivity contribution in [2.45, 2.75) is 39.5 Å². The van der Waals surface area contributed by atoms with Crippen LogP contribution in [0, 0.1) is 17.0 Å². The molecule has 0 saturated carbocycles. The van der Waals surface area contributed by atoms with Gasteiger partial charge in [-0.3, -0.25) is 19.7 Å². The maximum absolute atomic E-state index is 12.9. The molecule has 0 fully saturated rings. The van der Waals surface area contributed by atoms with Crippen molar-refractivity contribution in [2.75, 3.05) is 18.4 Å². The highest BCUT2D eigenvalue weighted by Gasteiger charge is 2.22. The summed E-state index contributed by atoms with van der Waals surface area (Å²) in [6.07, 6.45) is 3.67. The first-order chi connectivity index (χ1) is 13.8. The van der Waals surface area contributed by atoms with Crippen LogP contribution in [0.2, 0.25) is 5.02 Å². The molecule has 0 aliphatic rings. The topological polar surface area (TPSA) is 119 Å². The third-order valence-electron chi connectivity index (χ3n) is 4.19. The van der Waals surface area contributed by atoms with E-state index in [9.17, 15) is 19.7 Å². The minimum atomic E-state index is -0.648. The first-order valence-corrected chi connectivity index (χ1v) is 9.66. The lowest BCUT2D eigenvalue weighted by Crippen LogP contribution is -2.38. The summed E-state index contributed by atoms with van der Waals surface area (Å²) in [5.41, 5.74) is -0.257. The highest BCUT2D eigenvalue weighted by molar-refractivity contribution is 6.32. The number of halogens is 1. The fraction of sp³-hybridized carbons (Fsp3) is 0.421. The van der Waals surface area contributed by atoms with Gasteiger partial charge in [0.2, 0.25) is 5.91 Å². The Balaban J connectivity index is 2.15. The molecule has 1 N–H and O–H groups in total. The van der Waals surface area contributed by atoms with Gasteiger partial charge in [0.15, 0.2) is 5.82 Å². The van der Waals surface area contributed by atoms with Crippen LogP contribution >= 0.6 is 11.6 Å². The zero-order valence-corrected chi connectivity index (χ0v) is 17.1. The lowest BCUT2D eigenvalue weighted by molar-refractivity contribution is -0.384. The van der Waals surface area contributed by atoms with Crippen molar-refractivity contribution < 1.29 is 19.0 Å². The van der Waals surface area contributed by atoms with Crippen molar-refractivity contribution >= 4 is 34.9 Å². The quantitative estimate of drug-likeness (QED) is 0.348. The van der Waals surface area contributed by atoms with Crippen molar-refractivity contribution in [3.8, 4) is 0 Å². The summed E-state index contributed by atoms with van der Waals surface area (Å²) in [5.74, 6) is -0.118. The van der Waals surface area contributed by atoms with Gasteiger partial charge in [-0.05, 0) is 25.5 Å². The molecule has 0 bridgehead atoms. The third-order valence-corrected chi connectivity index (χ3v) is 4.51. The monoisotopic (exact) mass is 422 g/mol. The van der Waals surface area contributed by atoms with Crippen LogP contribution in [-0.2, 0) is 4.79 Å². The second-order valence-corrected chi connectivity index (χ2v) is 6.99. The number of unbranched alkanes of at least 4 members (excludes halogenated alkanes) is 3. The zero-order chi connectivity index (χ0) is 21.4. The van der Waals surface area contributed by atoms with Crippen LogP contribution in [0.1, 0.15) is 48.7 Å². The Morgan fingerprint density at radius 2 is 2.03 bits per heavy atom. The van der Waals surface area contributed by atoms with E-state index in [2.05, 4.69) is 17.4 Å². The molecule has 0 unspecified atom stereocenters. The SMILES string of the molecule is CCCCCCN(CC(=O)Nc1cc(C)on1)C(=O)c1ccc(Cl)c([N+](=O)[O-])c1. The third kappa shape index (κ3) is 6.56. The van der Waals surface area contributed by atoms with E-state index in [1.54, 1.807) is 13.0 Å². The van der Waals surface area contributed by atoms with Crippen molar-refractivity contribution in [1.29, 1.82) is 0 Å². The van der Waals surface area contributed by atoms with Crippen LogP contribution in [0.25, 0.3) is 0 Å². The van der Waals surface area contributed by atoms with Gasteiger partial charge >= 0.3 is 0 Å². The van der Waals surface area contributed by atoms with Gasteiger partial charge in [-0.1, -0.05) is 42.9 Å². The Bertz CT molecular complexity index is 883. The molecule has 0 aliphatic heterocycles. The first-order valence-electron chi connectivity index (χ1n) is 9.28. The van der Waals surface area contributed by atoms with E-state index in [1.807, 2.05) is 0 Å². The predicted octanol–water partition coefficient (Wildman–Crippen LogP) is 4.21. The van der Waals surface area contributed by atoms with E-state index < -0.39 is 16.7 Å². The Morgan fingerprint density at radius 3 is 2.66 bits per heavy atom. The average molecular weight is 423 g/mol. The van der Waals surface area contributed by atoms with Gasteiger partial charge in [0.25, 0.3) is 11.6 Å². The summed E-state index contributed by atoms with van der Waals surface area (Å²) in [4.78, 5) is 37.1. The molecular formula is C19H23ClN4O5. The molecule has 2 aromatic rings. The van der Waals surface area contributed by atoms with E-state index in [0.717, 1.165) is 25.3 Å². The standard InChI is InChI=1S/C19H23ClN4O5/c1-3-4-5-6-9-23(12-18(25)21-17-10-13(2)29-22-17)19(26)14-7-8-15(20)16(11-14)24(27)28/h7-8,10-11H,3-6,9,12H2,1-2H3,(H,21,22,25). The first kappa shape index (κ1) is 22.4. The molecule has 0 atom stereocenters. The number of amides is 2. The van der Waals surface area contributed by atoms with Crippen LogP contribution in [0.4, 0.5) is 11.5 Å². The predicted molar refractivity (Wildman–Crippen MR) is 108 cm³/mol. The number of hydrogen-bond acceptors (Lipinski definition) is 6. The second kappa shape index (κ2) is 10.6. The van der Waals surface area contributed by atoms with E-state index in [0.29, 0.717) is 18.7 Å². The number of nitrogens with one attached hydrogen (secondary N) is 1. The number of benzene rings is 1. The van der Waals surface area contributed by atoms with Gasteiger partial charge in [-0.15, -0.1) is 0 Å². The minimum Gasteiger partial charge on any atom is -0.360 e. The lowest BCUT2D eigenvalue weighted by Gasteiger charge is -2.22. The van der Waals surface area contributed by atoms with E-state index in [1.165, 1.54) is 17.0 Å². The van der Waals surface area contributed by atoms with Crippen molar-refractivity contribution in [2.24, 2.45) is 0 Å². The minimum absolute atomic E-state index is 0.0554. The molecule has 2 rings (SSSR count). The van der Waals surface area contributed by atoms with E-state index >= 15 is 0 Å². The van der Waals surface area contributed by atoms with Gasteiger partial charge in [0.05, 0.1) is 4.92 Å². The highest BCUT2D eigenvalue weighted by Crippen LogP contribution is 2.25. The Kier molecular flexibility index (Phi) is 8.14. The number of aromatic nitrogens is 1. The smallest absolute Gasteiger partial charge is 0.288 e. The summed E-state index contributed by atoms with van der Waals surface area (Å²) in [5, 5.41) is 17.3. The number of anilines is 1. The normalized spacial score (nSPS) is 10.6. The Hall–Kier alpha value is -2.94. The van der Waals surface area contributed by atoms with Crippen molar-refractivity contribution in [3.05, 3.63) is 50.7 Å².